The molecule has 0 aliphatic rings. The van der Waals surface area contributed by atoms with Gasteiger partial charge in [0.2, 0.25) is 11.8 Å². The van der Waals surface area contributed by atoms with Gasteiger partial charge in [-0.05, 0) is 76.3 Å². The number of nitrogens with one attached hydrogen (secondary N) is 3. The lowest BCUT2D eigenvalue weighted by molar-refractivity contribution is -0.123. The zero-order chi connectivity index (χ0) is 33.6. The van der Waals surface area contributed by atoms with Crippen molar-refractivity contribution in [3.63, 3.8) is 0 Å². The van der Waals surface area contributed by atoms with E-state index < -0.39 is 30.9 Å². The summed E-state index contributed by atoms with van der Waals surface area (Å²) in [5.41, 5.74) is 2.85. The maximum absolute atomic E-state index is 13.2. The van der Waals surface area contributed by atoms with Crippen molar-refractivity contribution in [2.24, 2.45) is 0 Å². The van der Waals surface area contributed by atoms with E-state index in [4.69, 9.17) is 28.5 Å². The highest BCUT2D eigenvalue weighted by Crippen LogP contribution is 2.21. The van der Waals surface area contributed by atoms with Crippen LogP contribution in [0.5, 0.6) is 0 Å². The average Bonchev–Trinajstić information content (AvgIpc) is 2.96. The predicted octanol–water partition coefficient (Wildman–Crippen LogP) is 4.59. The maximum Gasteiger partial charge on any atom is 0.475 e. The van der Waals surface area contributed by atoms with E-state index in [0.717, 1.165) is 16.7 Å². The Balaban J connectivity index is 0.000000607. The second kappa shape index (κ2) is 18.2. The first-order valence-electron chi connectivity index (χ1n) is 14.4. The number of rotatable bonds is 11. The molecule has 0 heterocycles. The molecular formula is C33H39BCl2N4O5. The van der Waals surface area contributed by atoms with Crippen molar-refractivity contribution in [1.29, 1.82) is 5.26 Å². The van der Waals surface area contributed by atoms with Gasteiger partial charge in [0.15, 0.2) is 0 Å². The highest BCUT2D eigenvalue weighted by atomic mass is 35.5. The lowest BCUT2D eigenvalue weighted by atomic mass is 9.75. The van der Waals surface area contributed by atoms with Gasteiger partial charge in [0.25, 0.3) is 5.91 Å². The fourth-order valence-electron chi connectivity index (χ4n) is 4.27. The molecule has 0 aliphatic carbocycles. The fourth-order valence-corrected chi connectivity index (χ4v) is 4.65. The van der Waals surface area contributed by atoms with Crippen LogP contribution in [0.15, 0.2) is 72.8 Å². The van der Waals surface area contributed by atoms with Crippen molar-refractivity contribution in [1.82, 2.24) is 16.0 Å². The van der Waals surface area contributed by atoms with Crippen LogP contribution in [-0.4, -0.2) is 52.4 Å². The van der Waals surface area contributed by atoms with Crippen LogP contribution in [0.3, 0.4) is 0 Å². The first-order valence-corrected chi connectivity index (χ1v) is 15.1. The minimum atomic E-state index is -1.78. The molecule has 0 saturated heterocycles. The highest BCUT2D eigenvalue weighted by Gasteiger charge is 2.30. The topological polar surface area (TPSA) is 152 Å². The number of hydrogen-bond donors (Lipinski definition) is 5. The van der Waals surface area contributed by atoms with Crippen LogP contribution < -0.4 is 16.0 Å². The van der Waals surface area contributed by atoms with E-state index in [1.165, 1.54) is 12.1 Å². The number of carbonyl (C=O) groups excluding carboxylic acids is 3. The first kappa shape index (κ1) is 37.3. The normalized spacial score (nSPS) is 12.0. The van der Waals surface area contributed by atoms with E-state index in [1.54, 1.807) is 12.1 Å². The Bertz CT molecular complexity index is 1480. The lowest BCUT2D eigenvalue weighted by Crippen LogP contribution is -2.54. The van der Waals surface area contributed by atoms with Gasteiger partial charge >= 0.3 is 7.12 Å². The lowest BCUT2D eigenvalue weighted by Gasteiger charge is -2.23. The molecule has 238 valence electrons. The summed E-state index contributed by atoms with van der Waals surface area (Å²) in [6.45, 7) is 7.61. The zero-order valence-electron chi connectivity index (χ0n) is 25.8. The Kier molecular flexibility index (Phi) is 15.1. The summed E-state index contributed by atoms with van der Waals surface area (Å²) in [4.78, 5) is 36.9. The second-order valence-corrected chi connectivity index (χ2v) is 12.4. The van der Waals surface area contributed by atoms with E-state index in [9.17, 15) is 24.4 Å². The number of carbonyl (C=O) groups is 3. The Hall–Kier alpha value is -3.88. The zero-order valence-corrected chi connectivity index (χ0v) is 27.3. The van der Waals surface area contributed by atoms with Gasteiger partial charge in [0.05, 0.1) is 22.6 Å². The molecule has 0 spiro atoms. The van der Waals surface area contributed by atoms with Crippen LogP contribution in [0, 0.1) is 18.3 Å². The summed E-state index contributed by atoms with van der Waals surface area (Å²) < 4.78 is 0. The van der Waals surface area contributed by atoms with Crippen LogP contribution in [0.25, 0.3) is 0 Å². The van der Waals surface area contributed by atoms with Crippen molar-refractivity contribution < 1.29 is 24.4 Å². The Labute approximate surface area is 275 Å². The minimum absolute atomic E-state index is 0.0583. The standard InChI is InChI=1S/C26H27BCl2N2O4.C7H12N2O/c1-17-6-5-9-19(14-17)10-13-23(30-25(32)21-16-20(28)11-12-22(21)29)26(33)31-24(27(34)35)15-18-7-3-2-4-8-18;1-7(2,3)9-6(10)4-5-8/h2-9,11-12,14,16,23-24,34-35H,10,13,15H2,1H3,(H,30,32)(H,31,33);4H2,1-3H3,(H,9,10). The second-order valence-electron chi connectivity index (χ2n) is 11.5. The van der Waals surface area contributed by atoms with Crippen molar-refractivity contribution in [3.8, 4) is 6.07 Å². The van der Waals surface area contributed by atoms with E-state index in [2.05, 4.69) is 16.0 Å². The molecule has 12 heteroatoms. The quantitative estimate of drug-likeness (QED) is 0.191. The van der Waals surface area contributed by atoms with Gasteiger partial charge in [-0.3, -0.25) is 14.4 Å². The maximum atomic E-state index is 13.2. The van der Waals surface area contributed by atoms with Crippen molar-refractivity contribution >= 4 is 48.0 Å². The third-order valence-electron chi connectivity index (χ3n) is 6.34. The fraction of sp³-hybridized carbons (Fsp3) is 0.333. The smallest absolute Gasteiger partial charge is 0.426 e. The molecule has 45 heavy (non-hydrogen) atoms. The number of hydrogen-bond acceptors (Lipinski definition) is 6. The van der Waals surface area contributed by atoms with Crippen molar-refractivity contribution in [3.05, 3.63) is 105 Å². The minimum Gasteiger partial charge on any atom is -0.426 e. The van der Waals surface area contributed by atoms with E-state index in [-0.39, 0.29) is 34.9 Å². The van der Waals surface area contributed by atoms with E-state index >= 15 is 0 Å². The largest absolute Gasteiger partial charge is 0.475 e. The number of nitrogens with zero attached hydrogens (tertiary/aromatic N) is 1. The summed E-state index contributed by atoms with van der Waals surface area (Å²) in [6.07, 6.45) is 0.966. The molecule has 0 aromatic heterocycles. The van der Waals surface area contributed by atoms with Gasteiger partial charge in [0, 0.05) is 10.6 Å². The molecule has 9 nitrogen and oxygen atoms in total. The number of amides is 3. The number of benzene rings is 3. The molecule has 0 fully saturated rings. The molecule has 2 atom stereocenters. The van der Waals surface area contributed by atoms with Gasteiger partial charge in [0.1, 0.15) is 12.5 Å². The van der Waals surface area contributed by atoms with Crippen LogP contribution in [-0.2, 0) is 22.4 Å². The van der Waals surface area contributed by atoms with E-state index in [0.29, 0.717) is 17.9 Å². The summed E-state index contributed by atoms with van der Waals surface area (Å²) in [6, 6.07) is 22.4. The van der Waals surface area contributed by atoms with Crippen LogP contribution in [0.4, 0.5) is 0 Å². The third-order valence-corrected chi connectivity index (χ3v) is 6.90. The Morgan fingerprint density at radius 3 is 2.20 bits per heavy atom. The third kappa shape index (κ3) is 14.2. The molecule has 3 aromatic rings. The monoisotopic (exact) mass is 652 g/mol. The summed E-state index contributed by atoms with van der Waals surface area (Å²) in [7, 11) is -1.78. The molecular weight excluding hydrogens is 614 g/mol. The molecule has 3 amide bonds. The first-order chi connectivity index (χ1) is 21.2. The van der Waals surface area contributed by atoms with Crippen LogP contribution in [0.2, 0.25) is 10.0 Å². The van der Waals surface area contributed by atoms with Crippen LogP contribution >= 0.6 is 23.2 Å². The Morgan fingerprint density at radius 2 is 1.60 bits per heavy atom. The SMILES string of the molecule is CC(C)(C)NC(=O)CC#N.Cc1cccc(CCC(NC(=O)c2cc(Cl)ccc2Cl)C(=O)NC(Cc2ccccc2)B(O)O)c1. The van der Waals surface area contributed by atoms with Crippen LogP contribution in [0.1, 0.15) is 60.7 Å². The van der Waals surface area contributed by atoms with Gasteiger partial charge < -0.3 is 26.0 Å². The summed E-state index contributed by atoms with van der Waals surface area (Å²) in [5.74, 6) is -2.25. The average molecular weight is 653 g/mol. The summed E-state index contributed by atoms with van der Waals surface area (Å²) >= 11 is 12.2. The molecule has 3 aromatic carbocycles. The molecule has 0 bridgehead atoms. The Morgan fingerprint density at radius 1 is 0.933 bits per heavy atom. The predicted molar refractivity (Wildman–Crippen MR) is 178 cm³/mol. The van der Waals surface area contributed by atoms with Gasteiger partial charge in [-0.2, -0.15) is 5.26 Å². The van der Waals surface area contributed by atoms with Crippen molar-refractivity contribution in [2.45, 2.75) is 70.9 Å². The number of aryl methyl sites for hydroxylation is 2. The van der Waals surface area contributed by atoms with Crippen molar-refractivity contribution in [2.75, 3.05) is 0 Å². The van der Waals surface area contributed by atoms with Gasteiger partial charge in [-0.15, -0.1) is 0 Å². The summed E-state index contributed by atoms with van der Waals surface area (Å²) in [5, 5.41) is 36.5. The molecule has 0 radical (unpaired) electrons. The molecule has 0 saturated carbocycles. The molecule has 3 rings (SSSR count). The number of halogens is 2. The molecule has 0 aliphatic heterocycles. The van der Waals surface area contributed by atoms with Gasteiger partial charge in [-0.1, -0.05) is 83.4 Å². The highest BCUT2D eigenvalue weighted by molar-refractivity contribution is 6.43. The molecule has 2 unspecified atom stereocenters. The van der Waals surface area contributed by atoms with E-state index in [1.807, 2.05) is 82.3 Å². The molecule has 5 N–H and O–H groups in total. The number of nitriles is 1. The van der Waals surface area contributed by atoms with Gasteiger partial charge in [-0.25, -0.2) is 0 Å².